The Bertz CT molecular complexity index is 779. The second kappa shape index (κ2) is 9.10. The standard InChI is InChI=1S/C19H20ClNO5/c1-4-25-19(23)14-10-15(20)16(11-17(14)24-3)21-18(22)12(2)26-13-8-6-5-7-9-13/h5-12H,4H2,1-3H3,(H,21,22). The lowest BCUT2D eigenvalue weighted by Crippen LogP contribution is -2.30. The topological polar surface area (TPSA) is 73.9 Å². The molecule has 0 radical (unpaired) electrons. The molecule has 0 fully saturated rings. The largest absolute Gasteiger partial charge is 0.496 e. The van der Waals surface area contributed by atoms with E-state index in [1.807, 2.05) is 18.2 Å². The Kier molecular flexibility index (Phi) is 6.86. The van der Waals surface area contributed by atoms with Gasteiger partial charge in [-0.2, -0.15) is 0 Å². The first kappa shape index (κ1) is 19.6. The molecule has 0 saturated carbocycles. The van der Waals surface area contributed by atoms with Crippen molar-refractivity contribution in [2.45, 2.75) is 20.0 Å². The minimum atomic E-state index is -0.746. The Balaban J connectivity index is 2.15. The first-order chi connectivity index (χ1) is 12.5. The highest BCUT2D eigenvalue weighted by molar-refractivity contribution is 6.34. The van der Waals surface area contributed by atoms with Crippen molar-refractivity contribution in [2.75, 3.05) is 19.0 Å². The van der Waals surface area contributed by atoms with Crippen molar-refractivity contribution in [3.8, 4) is 11.5 Å². The summed E-state index contributed by atoms with van der Waals surface area (Å²) in [5.41, 5.74) is 0.496. The lowest BCUT2D eigenvalue weighted by atomic mass is 10.1. The molecule has 2 aromatic carbocycles. The molecule has 0 aliphatic carbocycles. The summed E-state index contributed by atoms with van der Waals surface area (Å²) >= 11 is 6.19. The molecule has 1 atom stereocenters. The molecule has 0 spiro atoms. The van der Waals surface area contributed by atoms with Crippen molar-refractivity contribution in [1.82, 2.24) is 0 Å². The van der Waals surface area contributed by atoms with Crippen LogP contribution in [0.1, 0.15) is 24.2 Å². The number of ether oxygens (including phenoxy) is 3. The number of esters is 1. The van der Waals surface area contributed by atoms with Crippen LogP contribution < -0.4 is 14.8 Å². The predicted molar refractivity (Wildman–Crippen MR) is 99.1 cm³/mol. The molecule has 0 aromatic heterocycles. The Morgan fingerprint density at radius 2 is 1.88 bits per heavy atom. The molecule has 1 amide bonds. The number of hydrogen-bond acceptors (Lipinski definition) is 5. The van der Waals surface area contributed by atoms with E-state index >= 15 is 0 Å². The Hall–Kier alpha value is -2.73. The van der Waals surface area contributed by atoms with Crippen LogP contribution in [0.2, 0.25) is 5.02 Å². The molecule has 6 nitrogen and oxygen atoms in total. The van der Waals surface area contributed by atoms with Crippen LogP contribution >= 0.6 is 11.6 Å². The number of methoxy groups -OCH3 is 1. The monoisotopic (exact) mass is 377 g/mol. The molecule has 0 saturated heterocycles. The van der Waals surface area contributed by atoms with Gasteiger partial charge in [-0.05, 0) is 32.0 Å². The van der Waals surface area contributed by atoms with Gasteiger partial charge in [0.25, 0.3) is 5.91 Å². The minimum Gasteiger partial charge on any atom is -0.496 e. The number of para-hydroxylation sites is 1. The van der Waals surface area contributed by atoms with Crippen LogP contribution in [0.3, 0.4) is 0 Å². The van der Waals surface area contributed by atoms with Gasteiger partial charge >= 0.3 is 5.97 Å². The van der Waals surface area contributed by atoms with Gasteiger partial charge < -0.3 is 19.5 Å². The summed E-state index contributed by atoms with van der Waals surface area (Å²) < 4.78 is 15.7. The van der Waals surface area contributed by atoms with Crippen LogP contribution in [-0.2, 0) is 9.53 Å². The van der Waals surface area contributed by atoms with E-state index in [1.54, 1.807) is 26.0 Å². The van der Waals surface area contributed by atoms with Gasteiger partial charge in [0.15, 0.2) is 6.10 Å². The van der Waals surface area contributed by atoms with Crippen LogP contribution in [0.25, 0.3) is 0 Å². The molecule has 26 heavy (non-hydrogen) atoms. The zero-order chi connectivity index (χ0) is 19.1. The molecule has 1 unspecified atom stereocenters. The van der Waals surface area contributed by atoms with Crippen LogP contribution in [0, 0.1) is 0 Å². The van der Waals surface area contributed by atoms with Gasteiger partial charge in [0.2, 0.25) is 0 Å². The Labute approximate surface area is 157 Å². The Morgan fingerprint density at radius 3 is 2.50 bits per heavy atom. The molecular weight excluding hydrogens is 358 g/mol. The molecule has 0 heterocycles. The van der Waals surface area contributed by atoms with Crippen LogP contribution in [0.15, 0.2) is 42.5 Å². The van der Waals surface area contributed by atoms with Crippen molar-refractivity contribution in [3.63, 3.8) is 0 Å². The van der Waals surface area contributed by atoms with Crippen LogP contribution in [0.5, 0.6) is 11.5 Å². The van der Waals surface area contributed by atoms with E-state index in [1.165, 1.54) is 19.2 Å². The van der Waals surface area contributed by atoms with Crippen LogP contribution in [0.4, 0.5) is 5.69 Å². The summed E-state index contributed by atoms with van der Waals surface area (Å²) in [4.78, 5) is 24.3. The lowest BCUT2D eigenvalue weighted by Gasteiger charge is -2.16. The summed E-state index contributed by atoms with van der Waals surface area (Å²) in [7, 11) is 1.42. The first-order valence-corrected chi connectivity index (χ1v) is 8.41. The third kappa shape index (κ3) is 4.89. The normalized spacial score (nSPS) is 11.4. The fourth-order valence-corrected chi connectivity index (χ4v) is 2.39. The summed E-state index contributed by atoms with van der Waals surface area (Å²) in [6.07, 6.45) is -0.746. The fourth-order valence-electron chi connectivity index (χ4n) is 2.18. The van der Waals surface area contributed by atoms with Gasteiger partial charge in [-0.3, -0.25) is 4.79 Å². The van der Waals surface area contributed by atoms with Gasteiger partial charge in [-0.15, -0.1) is 0 Å². The van der Waals surface area contributed by atoms with E-state index in [2.05, 4.69) is 5.32 Å². The molecular formula is C19H20ClNO5. The highest BCUT2D eigenvalue weighted by atomic mass is 35.5. The van der Waals surface area contributed by atoms with Crippen molar-refractivity contribution in [2.24, 2.45) is 0 Å². The summed E-state index contributed by atoms with van der Waals surface area (Å²) in [5, 5.41) is 2.86. The number of benzene rings is 2. The van der Waals surface area contributed by atoms with Gasteiger partial charge in [0.05, 0.1) is 24.4 Å². The van der Waals surface area contributed by atoms with Crippen molar-refractivity contribution in [1.29, 1.82) is 0 Å². The average Bonchev–Trinajstić information content (AvgIpc) is 2.63. The van der Waals surface area contributed by atoms with Gasteiger partial charge in [0, 0.05) is 6.07 Å². The average molecular weight is 378 g/mol. The molecule has 0 bridgehead atoms. The van der Waals surface area contributed by atoms with Gasteiger partial charge in [-0.1, -0.05) is 29.8 Å². The van der Waals surface area contributed by atoms with Crippen molar-refractivity contribution in [3.05, 3.63) is 53.1 Å². The number of carbonyl (C=O) groups is 2. The maximum atomic E-state index is 12.4. The number of carbonyl (C=O) groups excluding carboxylic acids is 2. The number of amides is 1. The number of rotatable bonds is 7. The maximum Gasteiger partial charge on any atom is 0.341 e. The molecule has 2 rings (SSSR count). The van der Waals surface area contributed by atoms with E-state index in [4.69, 9.17) is 25.8 Å². The van der Waals surface area contributed by atoms with Crippen molar-refractivity contribution >= 4 is 29.2 Å². The fraction of sp³-hybridized carbons (Fsp3) is 0.263. The Morgan fingerprint density at radius 1 is 1.19 bits per heavy atom. The minimum absolute atomic E-state index is 0.186. The zero-order valence-electron chi connectivity index (χ0n) is 14.7. The molecule has 0 aliphatic rings. The van der Waals surface area contributed by atoms with E-state index in [0.29, 0.717) is 11.4 Å². The molecule has 7 heteroatoms. The maximum absolute atomic E-state index is 12.4. The number of anilines is 1. The third-order valence-corrected chi connectivity index (χ3v) is 3.78. The summed E-state index contributed by atoms with van der Waals surface area (Å²) in [6, 6.07) is 11.9. The highest BCUT2D eigenvalue weighted by Gasteiger charge is 2.20. The second-order valence-corrected chi connectivity index (χ2v) is 5.72. The lowest BCUT2D eigenvalue weighted by molar-refractivity contribution is -0.122. The van der Waals surface area contributed by atoms with Gasteiger partial charge in [-0.25, -0.2) is 4.79 Å². The number of hydrogen-bond donors (Lipinski definition) is 1. The van der Waals surface area contributed by atoms with E-state index in [0.717, 1.165) is 0 Å². The first-order valence-electron chi connectivity index (χ1n) is 8.03. The third-order valence-electron chi connectivity index (χ3n) is 3.47. The summed E-state index contributed by atoms with van der Waals surface area (Å²) in [5.74, 6) is -0.108. The molecule has 0 aliphatic heterocycles. The van der Waals surface area contributed by atoms with E-state index in [-0.39, 0.29) is 28.8 Å². The van der Waals surface area contributed by atoms with Crippen molar-refractivity contribution < 1.29 is 23.8 Å². The summed E-state index contributed by atoms with van der Waals surface area (Å²) in [6.45, 7) is 3.56. The number of halogens is 1. The SMILES string of the molecule is CCOC(=O)c1cc(Cl)c(NC(=O)C(C)Oc2ccccc2)cc1OC. The second-order valence-electron chi connectivity index (χ2n) is 5.32. The molecule has 138 valence electrons. The zero-order valence-corrected chi connectivity index (χ0v) is 15.5. The van der Waals surface area contributed by atoms with E-state index in [9.17, 15) is 9.59 Å². The van der Waals surface area contributed by atoms with Gasteiger partial charge in [0.1, 0.15) is 17.1 Å². The smallest absolute Gasteiger partial charge is 0.341 e. The number of nitrogens with one attached hydrogen (secondary N) is 1. The predicted octanol–water partition coefficient (Wildman–Crippen LogP) is 3.93. The molecule has 2 aromatic rings. The highest BCUT2D eigenvalue weighted by Crippen LogP contribution is 2.31. The quantitative estimate of drug-likeness (QED) is 0.740. The van der Waals surface area contributed by atoms with E-state index < -0.39 is 12.1 Å². The van der Waals surface area contributed by atoms with Crippen LogP contribution in [-0.4, -0.2) is 31.7 Å². The molecule has 1 N–H and O–H groups in total.